The van der Waals surface area contributed by atoms with Crippen molar-refractivity contribution in [3.8, 4) is 5.75 Å². The largest absolute Gasteiger partial charge is 0.427 e. The van der Waals surface area contributed by atoms with E-state index < -0.39 is 5.97 Å². The zero-order valence-corrected chi connectivity index (χ0v) is 12.1. The van der Waals surface area contributed by atoms with Crippen molar-refractivity contribution in [2.24, 2.45) is 0 Å². The summed E-state index contributed by atoms with van der Waals surface area (Å²) in [7, 11) is 0. The first-order chi connectivity index (χ1) is 9.90. The predicted molar refractivity (Wildman–Crippen MR) is 77.9 cm³/mol. The van der Waals surface area contributed by atoms with Crippen LogP contribution in [0.1, 0.15) is 24.2 Å². The molecule has 0 aliphatic carbocycles. The minimum Gasteiger partial charge on any atom is -0.427 e. The van der Waals surface area contributed by atoms with Gasteiger partial charge in [0.15, 0.2) is 0 Å². The summed E-state index contributed by atoms with van der Waals surface area (Å²) in [5.74, 6) is -0.699. The molecule has 1 aromatic carbocycles. The van der Waals surface area contributed by atoms with E-state index in [1.807, 2.05) is 0 Å². The highest BCUT2D eigenvalue weighted by Gasteiger charge is 2.07. The van der Waals surface area contributed by atoms with E-state index in [9.17, 15) is 14.4 Å². The number of carbonyl (C=O) groups excluding carboxylic acids is 3. The number of benzene rings is 1. The Kier molecular flexibility index (Phi) is 6.13. The summed E-state index contributed by atoms with van der Waals surface area (Å²) in [6.45, 7) is 7.00. The number of hydrogen-bond donors (Lipinski definition) is 2. The highest BCUT2D eigenvalue weighted by Crippen LogP contribution is 2.13. The third-order valence-electron chi connectivity index (χ3n) is 2.44. The van der Waals surface area contributed by atoms with Crippen LogP contribution >= 0.6 is 0 Å². The Morgan fingerprint density at radius 2 is 1.81 bits per heavy atom. The van der Waals surface area contributed by atoms with Crippen molar-refractivity contribution in [3.05, 3.63) is 42.0 Å². The van der Waals surface area contributed by atoms with Gasteiger partial charge in [0.1, 0.15) is 5.75 Å². The highest BCUT2D eigenvalue weighted by atomic mass is 16.5. The highest BCUT2D eigenvalue weighted by molar-refractivity contribution is 5.95. The van der Waals surface area contributed by atoms with Crippen LogP contribution < -0.4 is 15.4 Å². The molecule has 112 valence electrons. The van der Waals surface area contributed by atoms with Crippen molar-refractivity contribution in [3.63, 3.8) is 0 Å². The second kappa shape index (κ2) is 7.84. The molecule has 0 heterocycles. The van der Waals surface area contributed by atoms with Gasteiger partial charge in [-0.15, -0.1) is 0 Å². The van der Waals surface area contributed by atoms with Crippen LogP contribution in [0.2, 0.25) is 0 Å². The summed E-state index contributed by atoms with van der Waals surface area (Å²) in [5.41, 5.74) is 0.787. The zero-order chi connectivity index (χ0) is 15.8. The lowest BCUT2D eigenvalue weighted by atomic mass is 10.2. The van der Waals surface area contributed by atoms with Gasteiger partial charge in [0.25, 0.3) is 5.91 Å². The Hall–Kier alpha value is -2.63. The van der Waals surface area contributed by atoms with Crippen molar-refractivity contribution in [1.82, 2.24) is 10.6 Å². The van der Waals surface area contributed by atoms with E-state index in [2.05, 4.69) is 17.2 Å². The Labute approximate surface area is 123 Å². The molecule has 0 radical (unpaired) electrons. The van der Waals surface area contributed by atoms with E-state index >= 15 is 0 Å². The van der Waals surface area contributed by atoms with E-state index in [1.54, 1.807) is 25.1 Å². The topological polar surface area (TPSA) is 84.5 Å². The molecular formula is C15H18N2O4. The molecule has 2 amide bonds. The summed E-state index contributed by atoms with van der Waals surface area (Å²) < 4.78 is 4.90. The van der Waals surface area contributed by atoms with Crippen LogP contribution in [0.4, 0.5) is 0 Å². The van der Waals surface area contributed by atoms with Crippen molar-refractivity contribution in [2.75, 3.05) is 13.1 Å². The molecule has 0 aromatic heterocycles. The Bertz CT molecular complexity index is 567. The average Bonchev–Trinajstić information content (AvgIpc) is 2.42. The number of amides is 2. The Morgan fingerprint density at radius 1 is 1.14 bits per heavy atom. The lowest BCUT2D eigenvalue weighted by Crippen LogP contribution is -2.34. The lowest BCUT2D eigenvalue weighted by Gasteiger charge is -2.08. The summed E-state index contributed by atoms with van der Waals surface area (Å²) >= 11 is 0. The van der Waals surface area contributed by atoms with Gasteiger partial charge in [-0.25, -0.2) is 0 Å². The number of rotatable bonds is 6. The van der Waals surface area contributed by atoms with Crippen LogP contribution in [0.25, 0.3) is 0 Å². The van der Waals surface area contributed by atoms with Gasteiger partial charge in [0, 0.05) is 31.1 Å². The van der Waals surface area contributed by atoms with Crippen LogP contribution in [0, 0.1) is 0 Å². The van der Waals surface area contributed by atoms with Crippen molar-refractivity contribution >= 4 is 17.8 Å². The van der Waals surface area contributed by atoms with Gasteiger partial charge in [-0.1, -0.05) is 12.6 Å². The fourth-order valence-electron chi connectivity index (χ4n) is 1.47. The molecule has 0 fully saturated rings. The molecule has 6 heteroatoms. The minimum atomic E-state index is -0.449. The van der Waals surface area contributed by atoms with Gasteiger partial charge in [-0.2, -0.15) is 0 Å². The number of carbonyl (C=O) groups is 3. The average molecular weight is 290 g/mol. The normalized spacial score (nSPS) is 9.62. The summed E-state index contributed by atoms with van der Waals surface area (Å²) in [6.07, 6.45) is 0. The molecule has 0 saturated heterocycles. The van der Waals surface area contributed by atoms with Crippen molar-refractivity contribution in [1.29, 1.82) is 0 Å². The quantitative estimate of drug-likeness (QED) is 0.355. The van der Waals surface area contributed by atoms with Gasteiger partial charge < -0.3 is 15.4 Å². The van der Waals surface area contributed by atoms with Gasteiger partial charge in [-0.3, -0.25) is 14.4 Å². The van der Waals surface area contributed by atoms with Crippen LogP contribution in [0.5, 0.6) is 5.75 Å². The van der Waals surface area contributed by atoms with Gasteiger partial charge in [0.05, 0.1) is 0 Å². The molecule has 0 spiro atoms. The fraction of sp³-hybridized carbons (Fsp3) is 0.267. The van der Waals surface area contributed by atoms with E-state index in [0.717, 1.165) is 0 Å². The number of ether oxygens (including phenoxy) is 1. The van der Waals surface area contributed by atoms with Crippen molar-refractivity contribution < 1.29 is 19.1 Å². The van der Waals surface area contributed by atoms with Crippen LogP contribution in [0.15, 0.2) is 36.4 Å². The molecule has 0 atom stereocenters. The monoisotopic (exact) mass is 290 g/mol. The van der Waals surface area contributed by atoms with Crippen LogP contribution in [0.3, 0.4) is 0 Å². The molecule has 21 heavy (non-hydrogen) atoms. The maximum Gasteiger partial charge on any atom is 0.308 e. The summed E-state index contributed by atoms with van der Waals surface area (Å²) in [4.78, 5) is 34.0. The van der Waals surface area contributed by atoms with Crippen LogP contribution in [-0.4, -0.2) is 30.9 Å². The Morgan fingerprint density at radius 3 is 2.43 bits per heavy atom. The van der Waals surface area contributed by atoms with Gasteiger partial charge >= 0.3 is 5.97 Å². The second-order valence-electron chi connectivity index (χ2n) is 4.41. The van der Waals surface area contributed by atoms with E-state index in [4.69, 9.17) is 4.74 Å². The third kappa shape index (κ3) is 5.90. The molecule has 2 N–H and O–H groups in total. The van der Waals surface area contributed by atoms with Gasteiger partial charge in [0.2, 0.25) is 5.91 Å². The summed E-state index contributed by atoms with van der Waals surface area (Å²) in [5, 5.41) is 5.25. The predicted octanol–water partition coefficient (Wildman–Crippen LogP) is 1.03. The first-order valence-corrected chi connectivity index (χ1v) is 6.40. The molecule has 6 nitrogen and oxygen atoms in total. The smallest absolute Gasteiger partial charge is 0.308 e. The molecule has 0 aliphatic heterocycles. The lowest BCUT2D eigenvalue weighted by molar-refractivity contribution is -0.131. The molecule has 0 unspecified atom stereocenters. The molecule has 0 bridgehead atoms. The Balaban J connectivity index is 2.47. The number of nitrogens with one attached hydrogen (secondary N) is 2. The van der Waals surface area contributed by atoms with Gasteiger partial charge in [-0.05, 0) is 25.1 Å². The second-order valence-corrected chi connectivity index (χ2v) is 4.41. The fourth-order valence-corrected chi connectivity index (χ4v) is 1.47. The molecular weight excluding hydrogens is 272 g/mol. The summed E-state index contributed by atoms with van der Waals surface area (Å²) in [6, 6.07) is 6.29. The van der Waals surface area contributed by atoms with E-state index in [-0.39, 0.29) is 18.4 Å². The number of hydrogen-bond acceptors (Lipinski definition) is 4. The third-order valence-corrected chi connectivity index (χ3v) is 2.44. The minimum absolute atomic E-state index is 0.249. The first kappa shape index (κ1) is 16.4. The first-order valence-electron chi connectivity index (χ1n) is 6.40. The number of esters is 1. The van der Waals surface area contributed by atoms with E-state index in [1.165, 1.54) is 13.0 Å². The standard InChI is InChI=1S/C15H18N2O4/c1-10(2)14(19)16-7-8-17-15(20)12-5-4-6-13(9-12)21-11(3)18/h4-6,9H,1,7-8H2,2-3H3,(H,16,19)(H,17,20). The van der Waals surface area contributed by atoms with Crippen LogP contribution in [-0.2, 0) is 9.59 Å². The SMILES string of the molecule is C=C(C)C(=O)NCCNC(=O)c1cccc(OC(C)=O)c1. The van der Waals surface area contributed by atoms with E-state index in [0.29, 0.717) is 23.4 Å². The molecule has 0 saturated carbocycles. The molecule has 1 rings (SSSR count). The maximum atomic E-state index is 11.9. The molecule has 1 aromatic rings. The van der Waals surface area contributed by atoms with Crippen molar-refractivity contribution in [2.45, 2.75) is 13.8 Å². The zero-order valence-electron chi connectivity index (χ0n) is 12.1. The maximum absolute atomic E-state index is 11.9. The molecule has 0 aliphatic rings.